The van der Waals surface area contributed by atoms with E-state index >= 15 is 0 Å². The van der Waals surface area contributed by atoms with E-state index in [1.807, 2.05) is 20.8 Å². The van der Waals surface area contributed by atoms with Gasteiger partial charge in [0, 0.05) is 31.5 Å². The molecule has 6 nitrogen and oxygen atoms in total. The minimum absolute atomic E-state index is 0.176. The van der Waals surface area contributed by atoms with Gasteiger partial charge in [-0.15, -0.1) is 0 Å². The van der Waals surface area contributed by atoms with Crippen LogP contribution in [0.1, 0.15) is 27.2 Å². The zero-order chi connectivity index (χ0) is 13.9. The average molecular weight is 264 g/mol. The number of amides is 1. The predicted octanol–water partition coefficient (Wildman–Crippen LogP) is 1.90. The monoisotopic (exact) mass is 264 g/mol. The second-order valence-corrected chi connectivity index (χ2v) is 5.63. The quantitative estimate of drug-likeness (QED) is 0.883. The zero-order valence-corrected chi connectivity index (χ0v) is 11.6. The van der Waals surface area contributed by atoms with E-state index in [1.165, 1.54) is 0 Å². The standard InChI is InChI=1S/C13H20N4O2/c1-13(2,3)19-12(18)17-8-5-10(9-17)16-11-14-6-4-7-15-11/h4,6-7,10H,5,8-9H2,1-3H3,(H,14,15,16)/t10-/m1/s1. The summed E-state index contributed by atoms with van der Waals surface area (Å²) in [6.07, 6.45) is 3.99. The minimum Gasteiger partial charge on any atom is -0.444 e. The van der Waals surface area contributed by atoms with E-state index in [-0.39, 0.29) is 12.1 Å². The van der Waals surface area contributed by atoms with Crippen molar-refractivity contribution in [2.24, 2.45) is 0 Å². The van der Waals surface area contributed by atoms with Crippen molar-refractivity contribution >= 4 is 12.0 Å². The van der Waals surface area contributed by atoms with Crippen LogP contribution in [0.5, 0.6) is 0 Å². The van der Waals surface area contributed by atoms with Crippen LogP contribution in [0.15, 0.2) is 18.5 Å². The molecule has 0 aromatic carbocycles. The van der Waals surface area contributed by atoms with Gasteiger partial charge in [-0.3, -0.25) is 0 Å². The number of nitrogens with zero attached hydrogens (tertiary/aromatic N) is 3. The Labute approximate surface area is 113 Å². The smallest absolute Gasteiger partial charge is 0.410 e. The lowest BCUT2D eigenvalue weighted by atomic mass is 10.2. The zero-order valence-electron chi connectivity index (χ0n) is 11.6. The molecule has 1 fully saturated rings. The summed E-state index contributed by atoms with van der Waals surface area (Å²) in [6.45, 7) is 6.92. The first-order valence-corrected chi connectivity index (χ1v) is 6.45. The predicted molar refractivity (Wildman–Crippen MR) is 71.9 cm³/mol. The highest BCUT2D eigenvalue weighted by Crippen LogP contribution is 2.17. The fraction of sp³-hybridized carbons (Fsp3) is 0.615. The second kappa shape index (κ2) is 5.42. The number of rotatable bonds is 2. The highest BCUT2D eigenvalue weighted by molar-refractivity contribution is 5.68. The van der Waals surface area contributed by atoms with E-state index in [9.17, 15) is 4.79 Å². The molecule has 1 aromatic rings. The number of carbonyl (C=O) groups is 1. The Morgan fingerprint density at radius 1 is 1.42 bits per heavy atom. The van der Waals surface area contributed by atoms with E-state index in [2.05, 4.69) is 15.3 Å². The topological polar surface area (TPSA) is 67.3 Å². The fourth-order valence-corrected chi connectivity index (χ4v) is 1.93. The summed E-state index contributed by atoms with van der Waals surface area (Å²) in [5.41, 5.74) is -0.453. The lowest BCUT2D eigenvalue weighted by Gasteiger charge is -2.24. The van der Waals surface area contributed by atoms with Gasteiger partial charge in [0.15, 0.2) is 0 Å². The molecule has 104 valence electrons. The Hall–Kier alpha value is -1.85. The summed E-state index contributed by atoms with van der Waals surface area (Å²) in [6, 6.07) is 1.95. The molecule has 1 saturated heterocycles. The molecule has 2 heterocycles. The van der Waals surface area contributed by atoms with Crippen molar-refractivity contribution in [3.05, 3.63) is 18.5 Å². The van der Waals surface area contributed by atoms with Gasteiger partial charge in [0.25, 0.3) is 0 Å². The number of hydrogen-bond acceptors (Lipinski definition) is 5. The van der Waals surface area contributed by atoms with Crippen molar-refractivity contribution in [1.82, 2.24) is 14.9 Å². The number of likely N-dealkylation sites (tertiary alicyclic amines) is 1. The van der Waals surface area contributed by atoms with Crippen molar-refractivity contribution < 1.29 is 9.53 Å². The van der Waals surface area contributed by atoms with E-state index < -0.39 is 5.60 Å². The maximum absolute atomic E-state index is 11.9. The third-order valence-electron chi connectivity index (χ3n) is 2.74. The molecule has 2 rings (SSSR count). The van der Waals surface area contributed by atoms with Gasteiger partial charge in [-0.2, -0.15) is 0 Å². The van der Waals surface area contributed by atoms with Crippen LogP contribution < -0.4 is 5.32 Å². The normalized spacial score (nSPS) is 19.3. The van der Waals surface area contributed by atoms with E-state index in [1.54, 1.807) is 23.4 Å². The molecule has 0 spiro atoms. The lowest BCUT2D eigenvalue weighted by molar-refractivity contribution is 0.0293. The first kappa shape index (κ1) is 13.6. The van der Waals surface area contributed by atoms with Gasteiger partial charge in [-0.05, 0) is 33.3 Å². The number of ether oxygens (including phenoxy) is 1. The van der Waals surface area contributed by atoms with Crippen LogP contribution in [0.4, 0.5) is 10.7 Å². The van der Waals surface area contributed by atoms with Gasteiger partial charge in [0.2, 0.25) is 5.95 Å². The van der Waals surface area contributed by atoms with Gasteiger partial charge in [-0.25, -0.2) is 14.8 Å². The van der Waals surface area contributed by atoms with Gasteiger partial charge in [0.05, 0.1) is 0 Å². The van der Waals surface area contributed by atoms with E-state index in [0.717, 1.165) is 6.42 Å². The van der Waals surface area contributed by atoms with Gasteiger partial charge < -0.3 is 15.0 Å². The fourth-order valence-electron chi connectivity index (χ4n) is 1.93. The Morgan fingerprint density at radius 3 is 2.74 bits per heavy atom. The third kappa shape index (κ3) is 4.08. The van der Waals surface area contributed by atoms with Crippen molar-refractivity contribution in [3.8, 4) is 0 Å². The summed E-state index contributed by atoms with van der Waals surface area (Å²) in [5.74, 6) is 0.596. The number of carbonyl (C=O) groups excluding carboxylic acids is 1. The van der Waals surface area contributed by atoms with Gasteiger partial charge >= 0.3 is 6.09 Å². The molecule has 0 unspecified atom stereocenters. The summed E-state index contributed by atoms with van der Waals surface area (Å²) in [4.78, 5) is 21.8. The third-order valence-corrected chi connectivity index (χ3v) is 2.74. The van der Waals surface area contributed by atoms with Crippen LogP contribution in [0.3, 0.4) is 0 Å². The largest absolute Gasteiger partial charge is 0.444 e. The lowest BCUT2D eigenvalue weighted by Crippen LogP contribution is -2.36. The first-order valence-electron chi connectivity index (χ1n) is 6.45. The first-order chi connectivity index (χ1) is 8.94. The Morgan fingerprint density at radius 2 is 2.11 bits per heavy atom. The summed E-state index contributed by atoms with van der Waals surface area (Å²) >= 11 is 0. The number of hydrogen-bond donors (Lipinski definition) is 1. The van der Waals surface area contributed by atoms with Gasteiger partial charge in [-0.1, -0.05) is 0 Å². The number of anilines is 1. The second-order valence-electron chi connectivity index (χ2n) is 5.63. The molecule has 1 aliphatic rings. The van der Waals surface area contributed by atoms with Gasteiger partial charge in [0.1, 0.15) is 5.60 Å². The highest BCUT2D eigenvalue weighted by Gasteiger charge is 2.29. The van der Waals surface area contributed by atoms with Crippen molar-refractivity contribution in [2.75, 3.05) is 18.4 Å². The summed E-state index contributed by atoms with van der Waals surface area (Å²) in [5, 5.41) is 3.22. The maximum Gasteiger partial charge on any atom is 0.410 e. The molecule has 0 aliphatic carbocycles. The molecule has 1 amide bonds. The van der Waals surface area contributed by atoms with Crippen LogP contribution >= 0.6 is 0 Å². The summed E-state index contributed by atoms with van der Waals surface area (Å²) in [7, 11) is 0. The SMILES string of the molecule is CC(C)(C)OC(=O)N1CC[C@@H](Nc2ncccn2)C1. The molecule has 1 aliphatic heterocycles. The highest BCUT2D eigenvalue weighted by atomic mass is 16.6. The van der Waals surface area contributed by atoms with Crippen LogP contribution in [-0.2, 0) is 4.74 Å². The van der Waals surface area contributed by atoms with Crippen LogP contribution in [0, 0.1) is 0 Å². The molecular weight excluding hydrogens is 244 g/mol. The molecule has 0 saturated carbocycles. The average Bonchev–Trinajstić information content (AvgIpc) is 2.77. The van der Waals surface area contributed by atoms with E-state index in [0.29, 0.717) is 19.0 Å². The molecule has 1 aromatic heterocycles. The molecule has 1 atom stereocenters. The van der Waals surface area contributed by atoms with Crippen LogP contribution in [0.25, 0.3) is 0 Å². The number of nitrogens with one attached hydrogen (secondary N) is 1. The van der Waals surface area contributed by atoms with Crippen LogP contribution in [0.2, 0.25) is 0 Å². The summed E-state index contributed by atoms with van der Waals surface area (Å²) < 4.78 is 5.35. The molecule has 6 heteroatoms. The van der Waals surface area contributed by atoms with Crippen molar-refractivity contribution in [1.29, 1.82) is 0 Å². The number of aromatic nitrogens is 2. The molecular formula is C13H20N4O2. The Bertz CT molecular complexity index is 430. The minimum atomic E-state index is -0.453. The molecule has 1 N–H and O–H groups in total. The van der Waals surface area contributed by atoms with Crippen molar-refractivity contribution in [2.45, 2.75) is 38.8 Å². The Kier molecular flexibility index (Phi) is 3.87. The molecule has 19 heavy (non-hydrogen) atoms. The van der Waals surface area contributed by atoms with Crippen molar-refractivity contribution in [3.63, 3.8) is 0 Å². The van der Waals surface area contributed by atoms with Crippen LogP contribution in [-0.4, -0.2) is 45.7 Å². The molecule has 0 bridgehead atoms. The van der Waals surface area contributed by atoms with E-state index in [4.69, 9.17) is 4.74 Å². The Balaban J connectivity index is 1.85. The maximum atomic E-state index is 11.9. The molecule has 0 radical (unpaired) electrons.